The third-order valence-electron chi connectivity index (χ3n) is 4.81. The second-order valence-electron chi connectivity index (χ2n) is 6.14. The molecule has 25 heavy (non-hydrogen) atoms. The lowest BCUT2D eigenvalue weighted by atomic mass is 9.88. The first kappa shape index (κ1) is 17.8. The molecule has 0 saturated carbocycles. The molecule has 3 rings (SSSR count). The average molecular weight is 361 g/mol. The van der Waals surface area contributed by atoms with Crippen molar-refractivity contribution >= 4 is 10.0 Å². The lowest BCUT2D eigenvalue weighted by molar-refractivity contribution is 0.336. The van der Waals surface area contributed by atoms with Crippen molar-refractivity contribution in [3.63, 3.8) is 0 Å². The number of nitrogens with zero attached hydrogens (tertiary/aromatic N) is 1. The number of fused-ring (bicyclic) bond motifs is 1. The Morgan fingerprint density at radius 3 is 2.48 bits per heavy atom. The van der Waals surface area contributed by atoms with Crippen LogP contribution in [-0.2, 0) is 16.4 Å². The molecule has 0 radical (unpaired) electrons. The molecule has 134 valence electrons. The van der Waals surface area contributed by atoms with Crippen LogP contribution in [0.15, 0.2) is 47.4 Å². The Morgan fingerprint density at radius 2 is 1.76 bits per heavy atom. The van der Waals surface area contributed by atoms with Gasteiger partial charge in [0.05, 0.1) is 19.1 Å². The van der Waals surface area contributed by atoms with Crippen LogP contribution < -0.4 is 9.47 Å². The minimum Gasteiger partial charge on any atom is -0.493 e. The molecule has 0 fully saturated rings. The van der Waals surface area contributed by atoms with Gasteiger partial charge in [0.25, 0.3) is 0 Å². The zero-order valence-electron chi connectivity index (χ0n) is 14.7. The van der Waals surface area contributed by atoms with E-state index < -0.39 is 10.0 Å². The van der Waals surface area contributed by atoms with Gasteiger partial charge in [-0.2, -0.15) is 4.31 Å². The third-order valence-corrected chi connectivity index (χ3v) is 6.67. The molecule has 2 aromatic rings. The number of hydrogen-bond donors (Lipinski definition) is 0. The molecule has 0 saturated heterocycles. The smallest absolute Gasteiger partial charge is 0.243 e. The highest BCUT2D eigenvalue weighted by atomic mass is 32.2. The largest absolute Gasteiger partial charge is 0.493 e. The molecule has 0 aromatic heterocycles. The minimum absolute atomic E-state index is 0.150. The Hall–Kier alpha value is -2.05. The van der Waals surface area contributed by atoms with Gasteiger partial charge in [0.15, 0.2) is 11.5 Å². The number of benzene rings is 2. The molecular weight excluding hydrogens is 338 g/mol. The van der Waals surface area contributed by atoms with Crippen LogP contribution >= 0.6 is 0 Å². The molecule has 0 N–H and O–H groups in total. The number of aryl methyl sites for hydroxylation is 1. The zero-order valence-corrected chi connectivity index (χ0v) is 15.5. The van der Waals surface area contributed by atoms with Crippen molar-refractivity contribution in [3.8, 4) is 11.5 Å². The van der Waals surface area contributed by atoms with Gasteiger partial charge in [-0.15, -0.1) is 0 Å². The standard InChI is InChI=1S/C19H23NO4S/c1-20(17-10-6-8-14-7-4-5-9-16(14)17)25(21,22)15-11-12-18(23-2)19(13-15)24-3/h4-5,7,9,11-13,17H,6,8,10H2,1-3H3/t17-/m0/s1. The van der Waals surface area contributed by atoms with E-state index in [1.807, 2.05) is 18.2 Å². The third kappa shape index (κ3) is 3.24. The van der Waals surface area contributed by atoms with Crippen LogP contribution in [0.5, 0.6) is 11.5 Å². The molecule has 0 spiro atoms. The van der Waals surface area contributed by atoms with Crippen LogP contribution in [0.25, 0.3) is 0 Å². The SMILES string of the molecule is COc1ccc(S(=O)(=O)N(C)[C@H]2CCCc3ccccc32)cc1OC. The van der Waals surface area contributed by atoms with Gasteiger partial charge >= 0.3 is 0 Å². The molecule has 0 aliphatic heterocycles. The van der Waals surface area contributed by atoms with Crippen molar-refractivity contribution in [3.05, 3.63) is 53.6 Å². The highest BCUT2D eigenvalue weighted by Crippen LogP contribution is 2.37. The second kappa shape index (κ2) is 7.06. The fraction of sp³-hybridized carbons (Fsp3) is 0.368. The molecule has 1 aliphatic carbocycles. The molecule has 1 atom stereocenters. The van der Waals surface area contributed by atoms with Crippen LogP contribution in [0, 0.1) is 0 Å². The highest BCUT2D eigenvalue weighted by molar-refractivity contribution is 7.89. The van der Waals surface area contributed by atoms with Gasteiger partial charge < -0.3 is 9.47 Å². The summed E-state index contributed by atoms with van der Waals surface area (Å²) in [7, 11) is 1.03. The summed E-state index contributed by atoms with van der Waals surface area (Å²) >= 11 is 0. The van der Waals surface area contributed by atoms with E-state index in [4.69, 9.17) is 9.47 Å². The molecule has 0 heterocycles. The van der Waals surface area contributed by atoms with Crippen molar-refractivity contribution in [2.24, 2.45) is 0 Å². The summed E-state index contributed by atoms with van der Waals surface area (Å²) in [4.78, 5) is 0.204. The quantitative estimate of drug-likeness (QED) is 0.819. The number of hydrogen-bond acceptors (Lipinski definition) is 4. The summed E-state index contributed by atoms with van der Waals surface area (Å²) in [5.74, 6) is 0.910. The van der Waals surface area contributed by atoms with Crippen molar-refractivity contribution < 1.29 is 17.9 Å². The Kier molecular flexibility index (Phi) is 5.01. The van der Waals surface area contributed by atoms with E-state index in [1.54, 1.807) is 19.2 Å². The summed E-state index contributed by atoms with van der Waals surface area (Å²) in [6.45, 7) is 0. The van der Waals surface area contributed by atoms with E-state index in [0.29, 0.717) is 11.5 Å². The van der Waals surface area contributed by atoms with Crippen LogP contribution in [0.4, 0.5) is 0 Å². The van der Waals surface area contributed by atoms with E-state index in [-0.39, 0.29) is 10.9 Å². The van der Waals surface area contributed by atoms with Gasteiger partial charge in [0.2, 0.25) is 10.0 Å². The summed E-state index contributed by atoms with van der Waals surface area (Å²) in [5.41, 5.74) is 2.33. The van der Waals surface area contributed by atoms with E-state index in [0.717, 1.165) is 24.8 Å². The average Bonchev–Trinajstić information content (AvgIpc) is 2.66. The molecule has 0 bridgehead atoms. The first-order valence-corrected chi connectivity index (χ1v) is 9.71. The maximum atomic E-state index is 13.1. The number of methoxy groups -OCH3 is 2. The van der Waals surface area contributed by atoms with E-state index in [1.165, 1.54) is 30.2 Å². The summed E-state index contributed by atoms with van der Waals surface area (Å²) in [5, 5.41) is 0. The lowest BCUT2D eigenvalue weighted by Gasteiger charge is -2.32. The zero-order chi connectivity index (χ0) is 18.0. The number of ether oxygens (including phenoxy) is 2. The lowest BCUT2D eigenvalue weighted by Crippen LogP contribution is -2.33. The van der Waals surface area contributed by atoms with Crippen LogP contribution in [-0.4, -0.2) is 34.0 Å². The maximum absolute atomic E-state index is 13.1. The Balaban J connectivity index is 1.98. The van der Waals surface area contributed by atoms with Gasteiger partial charge in [-0.25, -0.2) is 8.42 Å². The van der Waals surface area contributed by atoms with Crippen LogP contribution in [0.3, 0.4) is 0 Å². The Morgan fingerprint density at radius 1 is 1.04 bits per heavy atom. The summed E-state index contributed by atoms with van der Waals surface area (Å²) in [6.07, 6.45) is 2.80. The van der Waals surface area contributed by atoms with Gasteiger partial charge in [0, 0.05) is 19.2 Å². The Bertz CT molecular complexity index is 863. The first-order chi connectivity index (χ1) is 12.0. The van der Waals surface area contributed by atoms with Gasteiger partial charge in [-0.1, -0.05) is 24.3 Å². The summed E-state index contributed by atoms with van der Waals surface area (Å²) < 4.78 is 38.2. The molecule has 6 heteroatoms. The first-order valence-electron chi connectivity index (χ1n) is 8.27. The van der Waals surface area contributed by atoms with Gasteiger partial charge in [-0.3, -0.25) is 0 Å². The van der Waals surface area contributed by atoms with Crippen molar-refractivity contribution in [1.82, 2.24) is 4.31 Å². The van der Waals surface area contributed by atoms with Crippen molar-refractivity contribution in [2.75, 3.05) is 21.3 Å². The van der Waals surface area contributed by atoms with E-state index in [2.05, 4.69) is 6.07 Å². The van der Waals surface area contributed by atoms with Crippen molar-refractivity contribution in [2.45, 2.75) is 30.2 Å². The predicted octanol–water partition coefficient (Wildman–Crippen LogP) is 3.40. The molecule has 0 unspecified atom stereocenters. The topological polar surface area (TPSA) is 55.8 Å². The minimum atomic E-state index is -3.64. The van der Waals surface area contributed by atoms with Gasteiger partial charge in [0.1, 0.15) is 0 Å². The molecule has 1 aliphatic rings. The van der Waals surface area contributed by atoms with E-state index >= 15 is 0 Å². The molecule has 5 nitrogen and oxygen atoms in total. The van der Waals surface area contributed by atoms with Crippen LogP contribution in [0.2, 0.25) is 0 Å². The molecular formula is C19H23NO4S. The number of sulfonamides is 1. The monoisotopic (exact) mass is 361 g/mol. The molecule has 2 aromatic carbocycles. The van der Waals surface area contributed by atoms with Crippen LogP contribution in [0.1, 0.15) is 30.0 Å². The summed E-state index contributed by atoms with van der Waals surface area (Å²) in [6, 6.07) is 12.6. The molecule has 0 amide bonds. The normalized spacial score (nSPS) is 17.2. The number of rotatable bonds is 5. The van der Waals surface area contributed by atoms with E-state index in [9.17, 15) is 8.42 Å². The maximum Gasteiger partial charge on any atom is 0.243 e. The Labute approximate surface area is 149 Å². The van der Waals surface area contributed by atoms with Crippen molar-refractivity contribution in [1.29, 1.82) is 0 Å². The highest BCUT2D eigenvalue weighted by Gasteiger charge is 2.32. The second-order valence-corrected chi connectivity index (χ2v) is 8.14. The fourth-order valence-corrected chi connectivity index (χ4v) is 4.80. The predicted molar refractivity (Wildman–Crippen MR) is 96.6 cm³/mol. The van der Waals surface area contributed by atoms with Gasteiger partial charge in [-0.05, 0) is 42.5 Å². The fourth-order valence-electron chi connectivity index (χ4n) is 3.42.